The van der Waals surface area contributed by atoms with E-state index >= 15 is 0 Å². The maximum atomic E-state index is 12.1. The van der Waals surface area contributed by atoms with Crippen LogP contribution in [-0.2, 0) is 14.4 Å². The van der Waals surface area contributed by atoms with E-state index in [1.54, 1.807) is 0 Å². The summed E-state index contributed by atoms with van der Waals surface area (Å²) in [7, 11) is 0. The minimum absolute atomic E-state index is 0.0118. The maximum absolute atomic E-state index is 12.1. The Morgan fingerprint density at radius 3 is 1.58 bits per heavy atom. The molecular weight excluding hydrogens is 240 g/mol. The van der Waals surface area contributed by atoms with Crippen LogP contribution in [0.1, 0.15) is 72.6 Å². The van der Waals surface area contributed by atoms with E-state index in [9.17, 15) is 14.4 Å². The first kappa shape index (κ1) is 18.0. The van der Waals surface area contributed by atoms with Crippen LogP contribution in [0.25, 0.3) is 0 Å². The topological polar surface area (TPSA) is 51.2 Å². The molecule has 0 aromatic heterocycles. The summed E-state index contributed by atoms with van der Waals surface area (Å²) in [6.45, 7) is 7.70. The molecule has 0 N–H and O–H groups in total. The van der Waals surface area contributed by atoms with Crippen molar-refractivity contribution in [2.45, 2.75) is 72.6 Å². The van der Waals surface area contributed by atoms with Crippen molar-refractivity contribution < 1.29 is 14.4 Å². The lowest BCUT2D eigenvalue weighted by Crippen LogP contribution is -2.31. The van der Waals surface area contributed by atoms with E-state index in [1.165, 1.54) is 0 Å². The highest BCUT2D eigenvalue weighted by molar-refractivity contribution is 6.03. The van der Waals surface area contributed by atoms with Gasteiger partial charge in [0.05, 0.1) is 5.92 Å². The molecule has 0 heterocycles. The first-order valence-electron chi connectivity index (χ1n) is 7.54. The van der Waals surface area contributed by atoms with Crippen molar-refractivity contribution in [3.63, 3.8) is 0 Å². The molecule has 0 amide bonds. The second kappa shape index (κ2) is 9.88. The minimum atomic E-state index is -0.569. The van der Waals surface area contributed by atoms with Gasteiger partial charge in [-0.15, -0.1) is 0 Å². The largest absolute Gasteiger partial charge is 0.300 e. The Balaban J connectivity index is 4.76. The average Bonchev–Trinajstić information content (AvgIpc) is 2.29. The molecule has 0 rings (SSSR count). The lowest BCUT2D eigenvalue weighted by Gasteiger charge is -2.21. The third-order valence-electron chi connectivity index (χ3n) is 3.33. The van der Waals surface area contributed by atoms with Crippen molar-refractivity contribution >= 4 is 17.3 Å². The zero-order valence-corrected chi connectivity index (χ0v) is 12.8. The Bertz CT molecular complexity index is 289. The summed E-state index contributed by atoms with van der Waals surface area (Å²) < 4.78 is 0. The number of hydrogen-bond acceptors (Lipinski definition) is 3. The van der Waals surface area contributed by atoms with E-state index in [0.717, 1.165) is 19.3 Å². The minimum Gasteiger partial charge on any atom is -0.300 e. The molecule has 1 atom stereocenters. The van der Waals surface area contributed by atoms with Crippen LogP contribution in [0.3, 0.4) is 0 Å². The predicted molar refractivity (Wildman–Crippen MR) is 77.0 cm³/mol. The van der Waals surface area contributed by atoms with Gasteiger partial charge in [0.2, 0.25) is 0 Å². The zero-order chi connectivity index (χ0) is 14.8. The van der Waals surface area contributed by atoms with E-state index in [4.69, 9.17) is 0 Å². The molecule has 0 aliphatic heterocycles. The Hall–Kier alpha value is -0.990. The highest BCUT2D eigenvalue weighted by Crippen LogP contribution is 2.23. The van der Waals surface area contributed by atoms with Gasteiger partial charge in [-0.3, -0.25) is 14.4 Å². The van der Waals surface area contributed by atoms with Gasteiger partial charge in [-0.05, 0) is 25.2 Å². The Morgan fingerprint density at radius 2 is 1.21 bits per heavy atom. The summed E-state index contributed by atoms with van der Waals surface area (Å²) in [6, 6.07) is 0. The lowest BCUT2D eigenvalue weighted by atomic mass is 9.80. The van der Waals surface area contributed by atoms with Crippen molar-refractivity contribution in [3.05, 3.63) is 0 Å². The van der Waals surface area contributed by atoms with Gasteiger partial charge in [0.1, 0.15) is 17.3 Å². The standard InChI is InChI=1S/C16H28O3/c1-5-8-13(17)11-12(4)16(14(18)9-6-2)15(19)10-7-3/h12,16H,5-11H2,1-4H3. The third-order valence-corrected chi connectivity index (χ3v) is 3.33. The van der Waals surface area contributed by atoms with Crippen LogP contribution in [0.4, 0.5) is 0 Å². The lowest BCUT2D eigenvalue weighted by molar-refractivity contribution is -0.135. The van der Waals surface area contributed by atoms with Crippen molar-refractivity contribution in [3.8, 4) is 0 Å². The van der Waals surface area contributed by atoms with Crippen molar-refractivity contribution in [2.24, 2.45) is 11.8 Å². The molecule has 1 unspecified atom stereocenters. The third kappa shape index (κ3) is 6.65. The molecule has 0 bridgehead atoms. The van der Waals surface area contributed by atoms with Crippen molar-refractivity contribution in [1.82, 2.24) is 0 Å². The Labute approximate surface area is 117 Å². The molecule has 0 spiro atoms. The summed E-state index contributed by atoms with van der Waals surface area (Å²) in [5.74, 6) is -0.540. The first-order chi connectivity index (χ1) is 8.97. The van der Waals surface area contributed by atoms with Gasteiger partial charge in [-0.2, -0.15) is 0 Å². The van der Waals surface area contributed by atoms with Gasteiger partial charge in [0.15, 0.2) is 0 Å². The van der Waals surface area contributed by atoms with E-state index < -0.39 is 5.92 Å². The highest BCUT2D eigenvalue weighted by Gasteiger charge is 2.31. The predicted octanol–water partition coefficient (Wildman–Crippen LogP) is 3.74. The SMILES string of the molecule is CCCC(=O)CC(C)C(C(=O)CCC)C(=O)CCC. The monoisotopic (exact) mass is 268 g/mol. The molecule has 0 aromatic rings. The van der Waals surface area contributed by atoms with Crippen LogP contribution in [0.15, 0.2) is 0 Å². The van der Waals surface area contributed by atoms with E-state index in [2.05, 4.69) is 0 Å². The van der Waals surface area contributed by atoms with Crippen molar-refractivity contribution in [1.29, 1.82) is 0 Å². The van der Waals surface area contributed by atoms with Crippen LogP contribution in [0.5, 0.6) is 0 Å². The molecule has 0 fully saturated rings. The zero-order valence-electron chi connectivity index (χ0n) is 12.8. The Morgan fingerprint density at radius 1 is 0.789 bits per heavy atom. The number of carbonyl (C=O) groups excluding carboxylic acids is 3. The molecule has 0 saturated carbocycles. The van der Waals surface area contributed by atoms with E-state index in [-0.39, 0.29) is 23.3 Å². The van der Waals surface area contributed by atoms with Crippen LogP contribution >= 0.6 is 0 Å². The van der Waals surface area contributed by atoms with Gasteiger partial charge < -0.3 is 0 Å². The number of Topliss-reactive ketones (excluding diaryl/α,β-unsaturated/α-hetero) is 3. The normalized spacial score (nSPS) is 12.5. The molecule has 0 aromatic carbocycles. The summed E-state index contributed by atoms with van der Waals surface area (Å²) >= 11 is 0. The summed E-state index contributed by atoms with van der Waals surface area (Å²) in [4.78, 5) is 35.9. The van der Waals surface area contributed by atoms with E-state index in [1.807, 2.05) is 27.7 Å². The second-order valence-electron chi connectivity index (χ2n) is 5.38. The fourth-order valence-corrected chi connectivity index (χ4v) is 2.48. The quantitative estimate of drug-likeness (QED) is 0.536. The molecule has 19 heavy (non-hydrogen) atoms. The molecule has 0 radical (unpaired) electrons. The average molecular weight is 268 g/mol. The molecule has 3 heteroatoms. The molecule has 3 nitrogen and oxygen atoms in total. The number of hydrogen-bond donors (Lipinski definition) is 0. The first-order valence-corrected chi connectivity index (χ1v) is 7.54. The maximum Gasteiger partial charge on any atom is 0.143 e. The van der Waals surface area contributed by atoms with E-state index in [0.29, 0.717) is 25.7 Å². The Kier molecular flexibility index (Phi) is 9.36. The number of ketones is 3. The fraction of sp³-hybridized carbons (Fsp3) is 0.812. The summed E-state index contributed by atoms with van der Waals surface area (Å²) in [5.41, 5.74) is 0. The fourth-order valence-electron chi connectivity index (χ4n) is 2.48. The summed E-state index contributed by atoms with van der Waals surface area (Å²) in [6.07, 6.45) is 4.10. The van der Waals surface area contributed by atoms with Crippen LogP contribution in [-0.4, -0.2) is 17.3 Å². The van der Waals surface area contributed by atoms with Gasteiger partial charge in [0.25, 0.3) is 0 Å². The summed E-state index contributed by atoms with van der Waals surface area (Å²) in [5, 5.41) is 0. The highest BCUT2D eigenvalue weighted by atomic mass is 16.2. The van der Waals surface area contributed by atoms with Crippen LogP contribution < -0.4 is 0 Å². The van der Waals surface area contributed by atoms with Gasteiger partial charge in [0, 0.05) is 25.7 Å². The van der Waals surface area contributed by atoms with Crippen LogP contribution in [0, 0.1) is 11.8 Å². The second-order valence-corrected chi connectivity index (χ2v) is 5.38. The molecule has 110 valence electrons. The van der Waals surface area contributed by atoms with Crippen LogP contribution in [0.2, 0.25) is 0 Å². The van der Waals surface area contributed by atoms with Gasteiger partial charge in [-0.1, -0.05) is 27.7 Å². The number of rotatable bonds is 11. The number of carbonyl (C=O) groups is 3. The molecular formula is C16H28O3. The van der Waals surface area contributed by atoms with Crippen molar-refractivity contribution in [2.75, 3.05) is 0 Å². The smallest absolute Gasteiger partial charge is 0.143 e. The van der Waals surface area contributed by atoms with Gasteiger partial charge in [-0.25, -0.2) is 0 Å². The van der Waals surface area contributed by atoms with Gasteiger partial charge >= 0.3 is 0 Å². The molecule has 0 aliphatic rings. The molecule has 0 saturated heterocycles. The molecule has 0 aliphatic carbocycles.